The van der Waals surface area contributed by atoms with E-state index in [0.29, 0.717) is 17.8 Å². The molecule has 0 spiro atoms. The van der Waals surface area contributed by atoms with Crippen molar-refractivity contribution in [1.29, 1.82) is 0 Å². The van der Waals surface area contributed by atoms with Gasteiger partial charge in [0.15, 0.2) is 0 Å². The maximum Gasteiger partial charge on any atom is 0.250 e. The predicted molar refractivity (Wildman–Crippen MR) is 113 cm³/mol. The van der Waals surface area contributed by atoms with Crippen LogP contribution in [0.1, 0.15) is 35.1 Å². The Hall–Kier alpha value is -2.65. The van der Waals surface area contributed by atoms with E-state index < -0.39 is 0 Å². The molecule has 2 aromatic carbocycles. The number of rotatable bonds is 4. The van der Waals surface area contributed by atoms with Gasteiger partial charge >= 0.3 is 0 Å². The Bertz CT molecular complexity index is 956. The van der Waals surface area contributed by atoms with E-state index in [2.05, 4.69) is 71.6 Å². The summed E-state index contributed by atoms with van der Waals surface area (Å²) in [4.78, 5) is 14.9. The lowest BCUT2D eigenvalue weighted by Crippen LogP contribution is -2.48. The normalized spacial score (nSPS) is 21.5. The first-order valence-corrected chi connectivity index (χ1v) is 10.3. The molecule has 1 aromatic heterocycles. The average molecular weight is 370 g/mol. The van der Waals surface area contributed by atoms with Crippen molar-refractivity contribution < 1.29 is 0 Å². The molecular formula is C25H26N2O. The van der Waals surface area contributed by atoms with Crippen LogP contribution in [0, 0.1) is 5.92 Å². The van der Waals surface area contributed by atoms with Crippen LogP contribution < -0.4 is 5.56 Å². The summed E-state index contributed by atoms with van der Waals surface area (Å²) in [6.45, 7) is 4.00. The second-order valence-corrected chi connectivity index (χ2v) is 8.29. The van der Waals surface area contributed by atoms with Gasteiger partial charge in [0.1, 0.15) is 0 Å². The highest BCUT2D eigenvalue weighted by Gasteiger charge is 2.35. The Labute approximate surface area is 166 Å². The lowest BCUT2D eigenvalue weighted by molar-refractivity contribution is 0.117. The molecule has 2 aliphatic rings. The average Bonchev–Trinajstić information content (AvgIpc) is 2.74. The molecule has 28 heavy (non-hydrogen) atoms. The van der Waals surface area contributed by atoms with Crippen LogP contribution in [0.25, 0.3) is 0 Å². The molecule has 2 atom stereocenters. The van der Waals surface area contributed by atoms with E-state index in [4.69, 9.17) is 0 Å². The third kappa shape index (κ3) is 3.31. The largest absolute Gasteiger partial charge is 0.312 e. The first kappa shape index (κ1) is 17.4. The number of likely N-dealkylation sites (tertiary alicyclic amines) is 1. The van der Waals surface area contributed by atoms with Gasteiger partial charge < -0.3 is 9.47 Å². The van der Waals surface area contributed by atoms with Gasteiger partial charge in [0.2, 0.25) is 0 Å². The summed E-state index contributed by atoms with van der Waals surface area (Å²) in [7, 11) is 0. The lowest BCUT2D eigenvalue weighted by Gasteiger charge is -2.43. The van der Waals surface area contributed by atoms with E-state index in [-0.39, 0.29) is 5.56 Å². The van der Waals surface area contributed by atoms with Crippen molar-refractivity contribution in [3.8, 4) is 0 Å². The SMILES string of the molecule is O=c1cccc2n1C[C@H]1C[C@@H]2CN(CC(c2ccccc2)c2ccccc2)C1. The molecule has 1 fully saturated rings. The minimum Gasteiger partial charge on any atom is -0.312 e. The summed E-state index contributed by atoms with van der Waals surface area (Å²) in [6.07, 6.45) is 1.21. The Kier molecular flexibility index (Phi) is 4.61. The Balaban J connectivity index is 1.43. The van der Waals surface area contributed by atoms with Gasteiger partial charge in [0.25, 0.3) is 5.56 Å². The minimum absolute atomic E-state index is 0.159. The zero-order valence-corrected chi connectivity index (χ0v) is 16.1. The molecule has 0 unspecified atom stereocenters. The number of hydrogen-bond donors (Lipinski definition) is 0. The molecule has 3 aromatic rings. The topological polar surface area (TPSA) is 25.2 Å². The number of benzene rings is 2. The highest BCUT2D eigenvalue weighted by Crippen LogP contribution is 2.36. The Morgan fingerprint density at radius 2 is 1.46 bits per heavy atom. The van der Waals surface area contributed by atoms with Crippen molar-refractivity contribution in [2.45, 2.75) is 24.8 Å². The van der Waals surface area contributed by atoms with Crippen molar-refractivity contribution >= 4 is 0 Å². The van der Waals surface area contributed by atoms with E-state index >= 15 is 0 Å². The third-order valence-electron chi connectivity index (χ3n) is 6.40. The van der Waals surface area contributed by atoms with Crippen LogP contribution in [-0.2, 0) is 6.54 Å². The van der Waals surface area contributed by atoms with E-state index in [1.165, 1.54) is 23.2 Å². The number of piperidine rings is 1. The second kappa shape index (κ2) is 7.40. The Morgan fingerprint density at radius 1 is 0.786 bits per heavy atom. The summed E-state index contributed by atoms with van der Waals surface area (Å²) < 4.78 is 2.02. The lowest BCUT2D eigenvalue weighted by atomic mass is 9.82. The second-order valence-electron chi connectivity index (χ2n) is 8.29. The summed E-state index contributed by atoms with van der Waals surface area (Å²) in [5.41, 5.74) is 4.14. The fourth-order valence-corrected chi connectivity index (χ4v) is 5.18. The van der Waals surface area contributed by atoms with Crippen LogP contribution in [0.2, 0.25) is 0 Å². The van der Waals surface area contributed by atoms with E-state index in [0.717, 1.165) is 26.2 Å². The van der Waals surface area contributed by atoms with E-state index in [1.807, 2.05) is 10.6 Å². The molecule has 0 N–H and O–H groups in total. The summed E-state index contributed by atoms with van der Waals surface area (Å²) in [6, 6.07) is 27.5. The van der Waals surface area contributed by atoms with Gasteiger partial charge in [-0.25, -0.2) is 0 Å². The molecule has 0 radical (unpaired) electrons. The number of fused-ring (bicyclic) bond motifs is 4. The van der Waals surface area contributed by atoms with E-state index in [1.54, 1.807) is 6.07 Å². The molecule has 0 amide bonds. The fraction of sp³-hybridized carbons (Fsp3) is 0.320. The zero-order chi connectivity index (χ0) is 18.9. The first-order valence-electron chi connectivity index (χ1n) is 10.3. The monoisotopic (exact) mass is 370 g/mol. The maximum atomic E-state index is 12.3. The molecule has 1 saturated heterocycles. The molecule has 5 rings (SSSR count). The Morgan fingerprint density at radius 3 is 2.14 bits per heavy atom. The summed E-state index contributed by atoms with van der Waals surface area (Å²) >= 11 is 0. The van der Waals surface area contributed by atoms with Crippen molar-refractivity contribution in [3.05, 3.63) is 106 Å². The van der Waals surface area contributed by atoms with Crippen LogP contribution in [0.15, 0.2) is 83.7 Å². The predicted octanol–water partition coefficient (Wildman–Crippen LogP) is 4.10. The molecule has 3 nitrogen and oxygen atoms in total. The van der Waals surface area contributed by atoms with Gasteiger partial charge in [-0.15, -0.1) is 0 Å². The standard InChI is InChI=1S/C25H26N2O/c28-25-13-7-12-24-22-14-19(16-27(24)25)15-26(17-22)18-23(20-8-3-1-4-9-20)21-10-5-2-6-11-21/h1-13,19,22-23H,14-18H2/t19-,22+/m0/s1. The molecule has 2 aliphatic heterocycles. The number of pyridine rings is 1. The van der Waals surface area contributed by atoms with Gasteiger partial charge in [0.05, 0.1) is 0 Å². The van der Waals surface area contributed by atoms with Crippen LogP contribution in [0.3, 0.4) is 0 Å². The van der Waals surface area contributed by atoms with Gasteiger partial charge in [-0.2, -0.15) is 0 Å². The first-order chi connectivity index (χ1) is 13.8. The maximum absolute atomic E-state index is 12.3. The van der Waals surface area contributed by atoms with Crippen molar-refractivity contribution in [2.24, 2.45) is 5.92 Å². The fourth-order valence-electron chi connectivity index (χ4n) is 5.18. The van der Waals surface area contributed by atoms with Gasteiger partial charge in [-0.1, -0.05) is 66.7 Å². The number of aromatic nitrogens is 1. The quantitative estimate of drug-likeness (QED) is 0.691. The summed E-state index contributed by atoms with van der Waals surface area (Å²) in [5, 5.41) is 0. The van der Waals surface area contributed by atoms with Crippen LogP contribution >= 0.6 is 0 Å². The molecule has 142 valence electrons. The highest BCUT2D eigenvalue weighted by atomic mass is 16.1. The number of hydrogen-bond acceptors (Lipinski definition) is 2. The van der Waals surface area contributed by atoms with Crippen LogP contribution in [0.4, 0.5) is 0 Å². The van der Waals surface area contributed by atoms with E-state index in [9.17, 15) is 4.79 Å². The van der Waals surface area contributed by atoms with Crippen LogP contribution in [0.5, 0.6) is 0 Å². The number of nitrogens with zero attached hydrogens (tertiary/aromatic N) is 2. The highest BCUT2D eigenvalue weighted by molar-refractivity contribution is 5.33. The molecule has 3 heteroatoms. The third-order valence-corrected chi connectivity index (χ3v) is 6.40. The molecule has 2 bridgehead atoms. The van der Waals surface area contributed by atoms with Crippen molar-refractivity contribution in [2.75, 3.05) is 19.6 Å². The molecule has 3 heterocycles. The smallest absolute Gasteiger partial charge is 0.250 e. The molecule has 0 aliphatic carbocycles. The van der Waals surface area contributed by atoms with Gasteiger partial charge in [-0.3, -0.25) is 4.79 Å². The van der Waals surface area contributed by atoms with Crippen LogP contribution in [-0.4, -0.2) is 29.1 Å². The zero-order valence-electron chi connectivity index (χ0n) is 16.1. The minimum atomic E-state index is 0.159. The molecular weight excluding hydrogens is 344 g/mol. The van der Waals surface area contributed by atoms with Gasteiger partial charge in [-0.05, 0) is 29.5 Å². The molecule has 0 saturated carbocycles. The van der Waals surface area contributed by atoms with Gasteiger partial charge in [0, 0.05) is 49.8 Å². The van der Waals surface area contributed by atoms with Crippen molar-refractivity contribution in [3.63, 3.8) is 0 Å². The summed E-state index contributed by atoms with van der Waals surface area (Å²) in [5.74, 6) is 1.41. The van der Waals surface area contributed by atoms with Crippen molar-refractivity contribution in [1.82, 2.24) is 9.47 Å².